The van der Waals surface area contributed by atoms with Gasteiger partial charge in [-0.25, -0.2) is 4.98 Å². The third-order valence-electron chi connectivity index (χ3n) is 3.52. The molecule has 1 aliphatic rings. The van der Waals surface area contributed by atoms with Crippen molar-refractivity contribution in [3.05, 3.63) is 53.6 Å². The number of aromatic nitrogens is 2. The Hall–Kier alpha value is -2.43. The van der Waals surface area contributed by atoms with Crippen molar-refractivity contribution in [2.24, 2.45) is 0 Å². The van der Waals surface area contributed by atoms with Crippen LogP contribution in [0.5, 0.6) is 5.75 Å². The van der Waals surface area contributed by atoms with E-state index in [1.165, 1.54) is 18.0 Å². The van der Waals surface area contributed by atoms with E-state index in [0.717, 1.165) is 17.7 Å². The summed E-state index contributed by atoms with van der Waals surface area (Å²) in [4.78, 5) is 22.2. The van der Waals surface area contributed by atoms with E-state index in [-0.39, 0.29) is 5.91 Å². The summed E-state index contributed by atoms with van der Waals surface area (Å²) in [7, 11) is 1.65. The van der Waals surface area contributed by atoms with Gasteiger partial charge in [0.25, 0.3) is 5.91 Å². The van der Waals surface area contributed by atoms with Gasteiger partial charge >= 0.3 is 0 Å². The number of carbonyl (C=O) groups excluding carboxylic acids is 1. The van der Waals surface area contributed by atoms with Gasteiger partial charge in [-0.1, -0.05) is 12.1 Å². The molecule has 2 heterocycles. The zero-order valence-corrected chi connectivity index (χ0v) is 11.2. The first kappa shape index (κ1) is 12.6. The maximum atomic E-state index is 12.4. The molecule has 0 bridgehead atoms. The third kappa shape index (κ3) is 2.22. The van der Waals surface area contributed by atoms with Crippen molar-refractivity contribution in [3.63, 3.8) is 0 Å². The smallest absolute Gasteiger partial charge is 0.274 e. The van der Waals surface area contributed by atoms with E-state index < -0.39 is 0 Å². The molecule has 5 heteroatoms. The van der Waals surface area contributed by atoms with Gasteiger partial charge in [-0.2, -0.15) is 0 Å². The predicted octanol–water partition coefficient (Wildman–Crippen LogP) is 1.68. The first-order valence-corrected chi connectivity index (χ1v) is 6.49. The molecule has 102 valence electrons. The number of fused-ring (bicyclic) bond motifs is 1. The van der Waals surface area contributed by atoms with Gasteiger partial charge in [0.1, 0.15) is 11.4 Å². The third-order valence-corrected chi connectivity index (χ3v) is 3.52. The van der Waals surface area contributed by atoms with Gasteiger partial charge in [0, 0.05) is 31.0 Å². The monoisotopic (exact) mass is 269 g/mol. The molecule has 5 nitrogen and oxygen atoms in total. The van der Waals surface area contributed by atoms with E-state index in [1.54, 1.807) is 18.2 Å². The van der Waals surface area contributed by atoms with Gasteiger partial charge in [0.15, 0.2) is 0 Å². The summed E-state index contributed by atoms with van der Waals surface area (Å²) in [5, 5.41) is 0. The van der Waals surface area contributed by atoms with Crippen molar-refractivity contribution in [2.45, 2.75) is 13.0 Å². The van der Waals surface area contributed by atoms with Crippen molar-refractivity contribution >= 4 is 5.91 Å². The normalized spacial score (nSPS) is 13.8. The molecular weight excluding hydrogens is 254 g/mol. The van der Waals surface area contributed by atoms with Gasteiger partial charge in [0.05, 0.1) is 13.3 Å². The average Bonchev–Trinajstić information content (AvgIpc) is 2.54. The van der Waals surface area contributed by atoms with Gasteiger partial charge in [-0.05, 0) is 18.1 Å². The van der Waals surface area contributed by atoms with E-state index in [0.29, 0.717) is 18.8 Å². The van der Waals surface area contributed by atoms with Crippen molar-refractivity contribution in [2.75, 3.05) is 13.7 Å². The topological polar surface area (TPSA) is 55.3 Å². The minimum absolute atomic E-state index is 0.0883. The van der Waals surface area contributed by atoms with Crippen LogP contribution in [0.3, 0.4) is 0 Å². The Kier molecular flexibility index (Phi) is 3.33. The molecular formula is C15H15N3O2. The van der Waals surface area contributed by atoms with Crippen LogP contribution < -0.4 is 4.74 Å². The number of hydrogen-bond donors (Lipinski definition) is 0. The SMILES string of the molecule is COc1cccc2c1CN(C(=O)c1cnccn1)CC2. The van der Waals surface area contributed by atoms with Crippen LogP contribution in [-0.4, -0.2) is 34.4 Å². The molecule has 1 aromatic carbocycles. The average molecular weight is 269 g/mol. The molecule has 0 radical (unpaired) electrons. The van der Waals surface area contributed by atoms with Crippen LogP contribution >= 0.6 is 0 Å². The second-order valence-corrected chi connectivity index (χ2v) is 4.67. The molecule has 20 heavy (non-hydrogen) atoms. The summed E-state index contributed by atoms with van der Waals surface area (Å²) in [5.74, 6) is 0.744. The van der Waals surface area contributed by atoms with E-state index in [2.05, 4.69) is 16.0 Å². The van der Waals surface area contributed by atoms with E-state index in [4.69, 9.17) is 4.74 Å². The molecule has 1 aromatic heterocycles. The highest BCUT2D eigenvalue weighted by Gasteiger charge is 2.24. The van der Waals surface area contributed by atoms with Gasteiger partial charge in [0.2, 0.25) is 0 Å². The van der Waals surface area contributed by atoms with Gasteiger partial charge in [-0.15, -0.1) is 0 Å². The molecule has 0 aliphatic carbocycles. The van der Waals surface area contributed by atoms with Crippen LogP contribution in [-0.2, 0) is 13.0 Å². The molecule has 0 atom stereocenters. The Balaban J connectivity index is 1.87. The molecule has 0 spiro atoms. The summed E-state index contributed by atoms with van der Waals surface area (Å²) >= 11 is 0. The Bertz CT molecular complexity index is 614. The lowest BCUT2D eigenvalue weighted by Crippen LogP contribution is -2.36. The Morgan fingerprint density at radius 3 is 3.00 bits per heavy atom. The lowest BCUT2D eigenvalue weighted by atomic mass is 9.98. The number of benzene rings is 1. The summed E-state index contributed by atoms with van der Waals surface area (Å²) in [6, 6.07) is 5.99. The molecule has 1 aliphatic heterocycles. The number of nitrogens with zero attached hydrogens (tertiary/aromatic N) is 3. The zero-order chi connectivity index (χ0) is 13.9. The van der Waals surface area contributed by atoms with E-state index in [1.807, 2.05) is 12.1 Å². The second-order valence-electron chi connectivity index (χ2n) is 4.67. The number of rotatable bonds is 2. The molecule has 0 N–H and O–H groups in total. The van der Waals surface area contributed by atoms with Crippen molar-refractivity contribution in [1.29, 1.82) is 0 Å². The van der Waals surface area contributed by atoms with Gasteiger partial charge < -0.3 is 9.64 Å². The number of methoxy groups -OCH3 is 1. The zero-order valence-electron chi connectivity index (χ0n) is 11.2. The van der Waals surface area contributed by atoms with E-state index in [9.17, 15) is 4.79 Å². The Labute approximate surface area is 117 Å². The molecule has 0 unspecified atom stereocenters. The quantitative estimate of drug-likeness (QED) is 0.832. The van der Waals surface area contributed by atoms with Crippen LogP contribution in [0.1, 0.15) is 21.6 Å². The minimum Gasteiger partial charge on any atom is -0.496 e. The molecule has 3 rings (SSSR count). The van der Waals surface area contributed by atoms with Crippen LogP contribution in [0.15, 0.2) is 36.8 Å². The first-order valence-electron chi connectivity index (χ1n) is 6.49. The first-order chi connectivity index (χ1) is 9.79. The van der Waals surface area contributed by atoms with Crippen molar-refractivity contribution in [3.8, 4) is 5.75 Å². The molecule has 0 fully saturated rings. The largest absolute Gasteiger partial charge is 0.496 e. The fourth-order valence-electron chi connectivity index (χ4n) is 2.49. The highest BCUT2D eigenvalue weighted by Crippen LogP contribution is 2.28. The minimum atomic E-state index is -0.0883. The highest BCUT2D eigenvalue weighted by molar-refractivity contribution is 5.92. The van der Waals surface area contributed by atoms with Gasteiger partial charge in [-0.3, -0.25) is 9.78 Å². The highest BCUT2D eigenvalue weighted by atomic mass is 16.5. The van der Waals surface area contributed by atoms with E-state index >= 15 is 0 Å². The predicted molar refractivity (Wildman–Crippen MR) is 73.5 cm³/mol. The fraction of sp³-hybridized carbons (Fsp3) is 0.267. The molecule has 0 saturated heterocycles. The lowest BCUT2D eigenvalue weighted by Gasteiger charge is -2.29. The summed E-state index contributed by atoms with van der Waals surface area (Å²) < 4.78 is 5.38. The van der Waals surface area contributed by atoms with Crippen LogP contribution in [0.2, 0.25) is 0 Å². The van der Waals surface area contributed by atoms with Crippen molar-refractivity contribution < 1.29 is 9.53 Å². The summed E-state index contributed by atoms with van der Waals surface area (Å²) in [5.41, 5.74) is 2.71. The Morgan fingerprint density at radius 2 is 2.25 bits per heavy atom. The maximum absolute atomic E-state index is 12.4. The number of amides is 1. The van der Waals surface area contributed by atoms with Crippen LogP contribution in [0.4, 0.5) is 0 Å². The van der Waals surface area contributed by atoms with Crippen molar-refractivity contribution in [1.82, 2.24) is 14.9 Å². The summed E-state index contributed by atoms with van der Waals surface area (Å²) in [6.45, 7) is 1.24. The molecule has 0 saturated carbocycles. The standard InChI is InChI=1S/C15H15N3O2/c1-20-14-4-2-3-11-5-8-18(10-12(11)14)15(19)13-9-16-6-7-17-13/h2-4,6-7,9H,5,8,10H2,1H3. The fourth-order valence-corrected chi connectivity index (χ4v) is 2.49. The van der Waals surface area contributed by atoms with Crippen LogP contribution in [0.25, 0.3) is 0 Å². The van der Waals surface area contributed by atoms with Crippen LogP contribution in [0, 0.1) is 0 Å². The number of ether oxygens (including phenoxy) is 1. The molecule has 1 amide bonds. The summed E-state index contributed by atoms with van der Waals surface area (Å²) in [6.07, 6.45) is 5.43. The second kappa shape index (κ2) is 5.28. The number of hydrogen-bond acceptors (Lipinski definition) is 4. The lowest BCUT2D eigenvalue weighted by molar-refractivity contribution is 0.0726. The molecule has 2 aromatic rings. The Morgan fingerprint density at radius 1 is 1.35 bits per heavy atom. The number of carbonyl (C=O) groups is 1. The maximum Gasteiger partial charge on any atom is 0.274 e.